The van der Waals surface area contributed by atoms with Gasteiger partial charge in [-0.25, -0.2) is 0 Å². The number of carbonyl (C=O) groups excluding carboxylic acids is 2. The second kappa shape index (κ2) is 11.1. The molecule has 0 aliphatic rings. The third-order valence-corrected chi connectivity index (χ3v) is 4.90. The Kier molecular flexibility index (Phi) is 8.03. The van der Waals surface area contributed by atoms with Crippen LogP contribution in [0.3, 0.4) is 0 Å². The molecule has 0 radical (unpaired) electrons. The van der Waals surface area contributed by atoms with Crippen molar-refractivity contribution in [1.29, 1.82) is 5.26 Å². The lowest BCUT2D eigenvalue weighted by molar-refractivity contribution is -0.118. The monoisotopic (exact) mass is 509 g/mol. The van der Waals surface area contributed by atoms with Crippen LogP contribution in [0.4, 0.5) is 11.4 Å². The topological polar surface area (TPSA) is 91.2 Å². The largest absolute Gasteiger partial charge is 0.484 e. The van der Waals surface area contributed by atoms with E-state index in [-0.39, 0.29) is 18.1 Å². The molecule has 0 saturated heterocycles. The van der Waals surface area contributed by atoms with Gasteiger partial charge in [0.2, 0.25) is 0 Å². The summed E-state index contributed by atoms with van der Waals surface area (Å²) in [6, 6.07) is 22.4. The molecule has 160 valence electrons. The number of nitriles is 1. The SMILES string of the molecule is N#C/C(=C\c1ccc(OCC(=O)Nc2ccc(Br)cc2)cc1)C(=O)Nc1cccc(Cl)c1. The first-order valence-corrected chi connectivity index (χ1v) is 10.6. The molecule has 0 unspecified atom stereocenters. The molecule has 0 bridgehead atoms. The number of carbonyl (C=O) groups is 2. The van der Waals surface area contributed by atoms with Crippen molar-refractivity contribution in [1.82, 2.24) is 0 Å². The van der Waals surface area contributed by atoms with Gasteiger partial charge < -0.3 is 15.4 Å². The zero-order valence-electron chi connectivity index (χ0n) is 16.6. The Balaban J connectivity index is 1.57. The molecule has 0 fully saturated rings. The van der Waals surface area contributed by atoms with Crippen LogP contribution in [0.5, 0.6) is 5.75 Å². The maximum Gasteiger partial charge on any atom is 0.266 e. The molecule has 3 aromatic carbocycles. The maximum absolute atomic E-state index is 12.4. The number of amides is 2. The fourth-order valence-corrected chi connectivity index (χ4v) is 3.07. The second-order valence-electron chi connectivity index (χ2n) is 6.55. The molecule has 2 N–H and O–H groups in total. The first-order chi connectivity index (χ1) is 15.4. The van der Waals surface area contributed by atoms with E-state index in [1.165, 1.54) is 6.08 Å². The molecular formula is C24H17BrClN3O3. The zero-order valence-corrected chi connectivity index (χ0v) is 19.0. The van der Waals surface area contributed by atoms with Gasteiger partial charge >= 0.3 is 0 Å². The quantitative estimate of drug-likeness (QED) is 0.317. The van der Waals surface area contributed by atoms with Crippen molar-refractivity contribution in [3.8, 4) is 11.8 Å². The zero-order chi connectivity index (χ0) is 22.9. The van der Waals surface area contributed by atoms with E-state index in [9.17, 15) is 14.9 Å². The average molecular weight is 511 g/mol. The number of rotatable bonds is 7. The minimum Gasteiger partial charge on any atom is -0.484 e. The minimum absolute atomic E-state index is 0.0625. The summed E-state index contributed by atoms with van der Waals surface area (Å²) in [5.74, 6) is -0.351. The summed E-state index contributed by atoms with van der Waals surface area (Å²) >= 11 is 9.25. The van der Waals surface area contributed by atoms with Crippen molar-refractivity contribution in [3.05, 3.63) is 93.4 Å². The van der Waals surface area contributed by atoms with Gasteiger partial charge in [0.05, 0.1) is 0 Å². The lowest BCUT2D eigenvalue weighted by Crippen LogP contribution is -2.20. The molecule has 0 aliphatic heterocycles. The Morgan fingerprint density at radius 1 is 1.00 bits per heavy atom. The lowest BCUT2D eigenvalue weighted by Gasteiger charge is -2.08. The standard InChI is InChI=1S/C24H17BrClN3O3/c25-18-6-8-20(9-7-18)28-23(30)15-32-22-10-4-16(5-11-22)12-17(14-27)24(31)29-21-3-1-2-19(26)13-21/h1-13H,15H2,(H,28,30)(H,29,31)/b17-12+. The van der Waals surface area contributed by atoms with Gasteiger partial charge in [0, 0.05) is 20.9 Å². The first kappa shape index (κ1) is 23.1. The first-order valence-electron chi connectivity index (χ1n) is 9.40. The number of anilines is 2. The summed E-state index contributed by atoms with van der Waals surface area (Å²) in [5, 5.41) is 15.2. The number of nitrogens with one attached hydrogen (secondary N) is 2. The molecule has 8 heteroatoms. The second-order valence-corrected chi connectivity index (χ2v) is 7.90. The third kappa shape index (κ3) is 6.98. The minimum atomic E-state index is -0.542. The van der Waals surface area contributed by atoms with Gasteiger partial charge in [0.25, 0.3) is 11.8 Å². The van der Waals surface area contributed by atoms with Crippen LogP contribution in [0.1, 0.15) is 5.56 Å². The highest BCUT2D eigenvalue weighted by atomic mass is 79.9. The van der Waals surface area contributed by atoms with Crippen LogP contribution in [0, 0.1) is 11.3 Å². The fraction of sp³-hybridized carbons (Fsp3) is 0.0417. The van der Waals surface area contributed by atoms with E-state index in [1.807, 2.05) is 18.2 Å². The number of nitrogens with zero attached hydrogens (tertiary/aromatic N) is 1. The van der Waals surface area contributed by atoms with Crippen molar-refractivity contribution in [2.24, 2.45) is 0 Å². The number of hydrogen-bond acceptors (Lipinski definition) is 4. The van der Waals surface area contributed by atoms with E-state index in [4.69, 9.17) is 16.3 Å². The Bertz CT molecular complexity index is 1190. The summed E-state index contributed by atoms with van der Waals surface area (Å²) < 4.78 is 6.41. The van der Waals surface area contributed by atoms with Gasteiger partial charge in [0.1, 0.15) is 17.4 Å². The van der Waals surface area contributed by atoms with Crippen LogP contribution in [-0.2, 0) is 9.59 Å². The van der Waals surface area contributed by atoms with Gasteiger partial charge in [-0.1, -0.05) is 45.7 Å². The molecule has 2 amide bonds. The van der Waals surface area contributed by atoms with Crippen molar-refractivity contribution in [3.63, 3.8) is 0 Å². The van der Waals surface area contributed by atoms with E-state index in [1.54, 1.807) is 60.7 Å². The highest BCUT2D eigenvalue weighted by molar-refractivity contribution is 9.10. The van der Waals surface area contributed by atoms with E-state index >= 15 is 0 Å². The number of hydrogen-bond donors (Lipinski definition) is 2. The molecule has 0 aliphatic carbocycles. The summed E-state index contributed by atoms with van der Waals surface area (Å²) in [6.45, 7) is -0.156. The Morgan fingerprint density at radius 2 is 1.72 bits per heavy atom. The van der Waals surface area contributed by atoms with E-state index in [2.05, 4.69) is 26.6 Å². The number of ether oxygens (including phenoxy) is 1. The van der Waals surface area contributed by atoms with Crippen LogP contribution in [-0.4, -0.2) is 18.4 Å². The van der Waals surface area contributed by atoms with Gasteiger partial charge in [-0.2, -0.15) is 5.26 Å². The van der Waals surface area contributed by atoms with Crippen LogP contribution in [0.15, 0.2) is 82.8 Å². The highest BCUT2D eigenvalue weighted by Crippen LogP contribution is 2.18. The molecule has 3 aromatic rings. The smallest absolute Gasteiger partial charge is 0.266 e. The summed E-state index contributed by atoms with van der Waals surface area (Å²) in [4.78, 5) is 24.4. The molecule has 0 saturated carbocycles. The normalized spacial score (nSPS) is 10.7. The van der Waals surface area contributed by atoms with E-state index < -0.39 is 5.91 Å². The van der Waals surface area contributed by atoms with Gasteiger partial charge in [-0.15, -0.1) is 0 Å². The van der Waals surface area contributed by atoms with E-state index in [0.717, 1.165) is 4.47 Å². The summed E-state index contributed by atoms with van der Waals surface area (Å²) in [6.07, 6.45) is 1.46. The Labute approximate surface area is 198 Å². The predicted octanol–water partition coefficient (Wildman–Crippen LogP) is 5.67. The molecule has 0 aromatic heterocycles. The highest BCUT2D eigenvalue weighted by Gasteiger charge is 2.10. The maximum atomic E-state index is 12.4. The number of halogens is 2. The lowest BCUT2D eigenvalue weighted by atomic mass is 10.1. The van der Waals surface area contributed by atoms with Gasteiger partial charge in [0.15, 0.2) is 6.61 Å². The van der Waals surface area contributed by atoms with Crippen molar-refractivity contribution >= 4 is 56.8 Å². The van der Waals surface area contributed by atoms with Gasteiger partial charge in [-0.3, -0.25) is 9.59 Å². The molecule has 0 spiro atoms. The average Bonchev–Trinajstić information content (AvgIpc) is 2.78. The summed E-state index contributed by atoms with van der Waals surface area (Å²) in [5.41, 5.74) is 1.73. The molecule has 0 heterocycles. The van der Waals surface area contributed by atoms with Crippen LogP contribution in [0.2, 0.25) is 5.02 Å². The van der Waals surface area contributed by atoms with Gasteiger partial charge in [-0.05, 0) is 66.2 Å². The molecule has 3 rings (SSSR count). The van der Waals surface area contributed by atoms with E-state index in [0.29, 0.717) is 27.7 Å². The molecular weight excluding hydrogens is 494 g/mol. The van der Waals surface area contributed by atoms with Crippen LogP contribution in [0.25, 0.3) is 6.08 Å². The van der Waals surface area contributed by atoms with Crippen LogP contribution < -0.4 is 15.4 Å². The summed E-state index contributed by atoms with van der Waals surface area (Å²) in [7, 11) is 0. The fourth-order valence-electron chi connectivity index (χ4n) is 2.62. The molecule has 0 atom stereocenters. The third-order valence-electron chi connectivity index (χ3n) is 4.14. The van der Waals surface area contributed by atoms with Crippen molar-refractivity contribution < 1.29 is 14.3 Å². The number of benzene rings is 3. The Morgan fingerprint density at radius 3 is 2.38 bits per heavy atom. The Hall–Kier alpha value is -3.60. The van der Waals surface area contributed by atoms with Crippen LogP contribution >= 0.6 is 27.5 Å². The molecule has 32 heavy (non-hydrogen) atoms. The predicted molar refractivity (Wildman–Crippen MR) is 128 cm³/mol. The molecule has 6 nitrogen and oxygen atoms in total. The van der Waals surface area contributed by atoms with Crippen molar-refractivity contribution in [2.45, 2.75) is 0 Å². The van der Waals surface area contributed by atoms with Crippen molar-refractivity contribution in [2.75, 3.05) is 17.2 Å².